The fourth-order valence-corrected chi connectivity index (χ4v) is 11.7. The molecule has 4 aliphatic rings. The molecule has 0 amide bonds. The Morgan fingerprint density at radius 1 is 0.908 bits per heavy atom. The van der Waals surface area contributed by atoms with E-state index in [2.05, 4.69) is 88.1 Å². The van der Waals surface area contributed by atoms with Gasteiger partial charge < -0.3 is 35.2 Å². The van der Waals surface area contributed by atoms with Gasteiger partial charge >= 0.3 is 11.9 Å². The van der Waals surface area contributed by atoms with Crippen LogP contribution in [0.1, 0.15) is 167 Å². The van der Waals surface area contributed by atoms with Crippen molar-refractivity contribution in [3.8, 4) is 0 Å². The zero-order valence-electron chi connectivity index (χ0n) is 41.9. The number of aromatic nitrogens is 2. The summed E-state index contributed by atoms with van der Waals surface area (Å²) in [6, 6.07) is -0.498. The molecule has 6 rings (SSSR count). The van der Waals surface area contributed by atoms with Crippen LogP contribution in [0.5, 0.6) is 0 Å². The molecule has 1 fully saturated rings. The van der Waals surface area contributed by atoms with E-state index in [1.165, 1.54) is 63.2 Å². The smallest absolute Gasteiger partial charge is 0.320 e. The number of carbonyl (C=O) groups excluding carboxylic acids is 3. The highest BCUT2D eigenvalue weighted by molar-refractivity contribution is 5.96. The van der Waals surface area contributed by atoms with Gasteiger partial charge in [-0.3, -0.25) is 14.4 Å². The second kappa shape index (κ2) is 22.0. The number of nitrogens with one attached hydrogen (secondary N) is 4. The molecular weight excluding hydrogens is 813 g/mol. The van der Waals surface area contributed by atoms with Gasteiger partial charge in [-0.25, -0.2) is 0 Å². The predicted octanol–water partition coefficient (Wildman–Crippen LogP) is 8.17. The molecule has 9 atom stereocenters. The minimum Gasteiger partial charge on any atom is -0.510 e. The van der Waals surface area contributed by atoms with Gasteiger partial charge in [0.1, 0.15) is 18.3 Å². The summed E-state index contributed by atoms with van der Waals surface area (Å²) in [6.07, 6.45) is 20.0. The van der Waals surface area contributed by atoms with E-state index in [1.807, 2.05) is 19.9 Å². The van der Waals surface area contributed by atoms with E-state index >= 15 is 0 Å². The van der Waals surface area contributed by atoms with Gasteiger partial charge in [-0.15, -0.1) is 0 Å². The van der Waals surface area contributed by atoms with Gasteiger partial charge in [-0.05, 0) is 130 Å². The Hall–Kier alpha value is -4.31. The maximum Gasteiger partial charge on any atom is 0.320 e. The van der Waals surface area contributed by atoms with Crippen molar-refractivity contribution in [3.63, 3.8) is 0 Å². The van der Waals surface area contributed by atoms with Crippen molar-refractivity contribution in [2.24, 2.45) is 41.4 Å². The second-order valence-electron chi connectivity index (χ2n) is 21.0. The first-order valence-corrected chi connectivity index (χ1v) is 25.2. The Balaban J connectivity index is 1.20. The molecule has 0 spiro atoms. The Kier molecular flexibility index (Phi) is 17.0. The summed E-state index contributed by atoms with van der Waals surface area (Å²) in [5, 5.41) is 22.7. The van der Waals surface area contributed by atoms with Crippen LogP contribution in [0.15, 0.2) is 22.9 Å². The summed E-state index contributed by atoms with van der Waals surface area (Å²) in [4.78, 5) is 47.8. The number of carbonyl (C=O) groups is 3. The molecule has 0 aromatic carbocycles. The molecule has 3 unspecified atom stereocenters. The van der Waals surface area contributed by atoms with Gasteiger partial charge in [0.15, 0.2) is 5.78 Å². The number of aliphatic hydroxyl groups is 1. The van der Waals surface area contributed by atoms with E-state index in [0.717, 1.165) is 81.2 Å². The number of hydrogen-bond acceptors (Lipinski definition) is 8. The van der Waals surface area contributed by atoms with Crippen LogP contribution in [0.2, 0.25) is 0 Å². The summed E-state index contributed by atoms with van der Waals surface area (Å²) in [6.45, 7) is 24.0. The number of aliphatic hydroxyl groups excluding tert-OH is 1. The molecule has 8 bridgehead atoms. The third-order valence-corrected chi connectivity index (χ3v) is 15.8. The predicted molar refractivity (Wildman–Crippen MR) is 263 cm³/mol. The summed E-state index contributed by atoms with van der Waals surface area (Å²) in [5.74, 6) is 0.729. The van der Waals surface area contributed by atoms with Crippen LogP contribution < -0.4 is 31.9 Å². The maximum absolute atomic E-state index is 13.7. The number of H-pyrrole nitrogens is 2. The average molecular weight is 895 g/mol. The lowest BCUT2D eigenvalue weighted by molar-refractivity contribution is -0.143. The number of allylic oxidation sites excluding steroid dienone is 2. The van der Waals surface area contributed by atoms with Gasteiger partial charge in [-0.1, -0.05) is 92.1 Å². The number of Topliss-reactive ketones (excluding diaryl/α,β-unsaturated/α-hetero) is 1. The molecule has 10 nitrogen and oxygen atoms in total. The lowest BCUT2D eigenvalue weighted by Gasteiger charge is -2.26. The lowest BCUT2D eigenvalue weighted by atomic mass is 9.79. The van der Waals surface area contributed by atoms with E-state index in [4.69, 9.17) is 9.47 Å². The minimum atomic E-state index is -0.990. The zero-order valence-corrected chi connectivity index (χ0v) is 41.9. The molecule has 65 heavy (non-hydrogen) atoms. The third-order valence-electron chi connectivity index (χ3n) is 15.8. The molecular formula is C55H82N4O6. The molecule has 5 N–H and O–H groups in total. The molecule has 0 saturated carbocycles. The maximum atomic E-state index is 13.7. The van der Waals surface area contributed by atoms with Gasteiger partial charge in [0.2, 0.25) is 0 Å². The van der Waals surface area contributed by atoms with E-state index in [9.17, 15) is 19.5 Å². The number of methoxy groups -OCH3 is 1. The normalized spacial score (nSPS) is 25.9. The van der Waals surface area contributed by atoms with E-state index in [0.29, 0.717) is 23.6 Å². The fraction of sp³-hybridized carbons (Fsp3) is 0.655. The molecule has 2 aromatic rings. The van der Waals surface area contributed by atoms with Crippen LogP contribution in [0.3, 0.4) is 0 Å². The average Bonchev–Trinajstić information content (AvgIpc) is 4.00. The van der Waals surface area contributed by atoms with Crippen molar-refractivity contribution in [2.45, 2.75) is 178 Å². The van der Waals surface area contributed by atoms with Crippen molar-refractivity contribution in [3.05, 3.63) is 66.6 Å². The number of aromatic amines is 2. The van der Waals surface area contributed by atoms with Crippen molar-refractivity contribution in [1.82, 2.24) is 20.6 Å². The van der Waals surface area contributed by atoms with Crippen molar-refractivity contribution in [2.75, 3.05) is 13.7 Å². The van der Waals surface area contributed by atoms with Crippen LogP contribution in [-0.2, 0) is 25.5 Å². The number of fused-ring (bicyclic) bond motifs is 8. The summed E-state index contributed by atoms with van der Waals surface area (Å²) in [7, 11) is 1.36. The fourth-order valence-electron chi connectivity index (χ4n) is 11.7. The highest BCUT2D eigenvalue weighted by atomic mass is 16.5. The lowest BCUT2D eigenvalue weighted by Crippen LogP contribution is -2.40. The van der Waals surface area contributed by atoms with Gasteiger partial charge in [0.05, 0.1) is 17.8 Å². The van der Waals surface area contributed by atoms with Crippen LogP contribution >= 0.6 is 0 Å². The van der Waals surface area contributed by atoms with E-state index < -0.39 is 11.9 Å². The van der Waals surface area contributed by atoms with Gasteiger partial charge in [-0.2, -0.15) is 0 Å². The molecule has 0 radical (unpaired) electrons. The Morgan fingerprint density at radius 3 is 2.23 bits per heavy atom. The van der Waals surface area contributed by atoms with Gasteiger partial charge in [0.25, 0.3) is 0 Å². The number of ketones is 1. The second-order valence-corrected chi connectivity index (χ2v) is 21.0. The molecule has 5 heterocycles. The van der Waals surface area contributed by atoms with E-state index in [-0.39, 0.29) is 66.4 Å². The largest absolute Gasteiger partial charge is 0.510 e. The summed E-state index contributed by atoms with van der Waals surface area (Å²) < 4.78 is 11.2. The molecule has 2 aromatic heterocycles. The van der Waals surface area contributed by atoms with Gasteiger partial charge in [0, 0.05) is 64.4 Å². The Morgan fingerprint density at radius 2 is 1.58 bits per heavy atom. The van der Waals surface area contributed by atoms with Crippen LogP contribution in [0.25, 0.3) is 23.5 Å². The standard InChI is InChI=1S/C55H82N4O6/c1-13-39-34(7)41-29-46-48(38(11)60)36(9)43(57-46)27-42-35(8)40(52(58-42)50-51(55(63)64-12)54(62)49-37(10)44(59-53(49)50)28-45(39)56-41)23-24-47(61)65-26-25-33(6)22-16-21-32(5)20-15-19-31(4)18-14-17-30(2)3/h25,27,29-32,35,39-40,42,45,51-52,56-59,62H,13-24,26,28H2,1-12H3/b33-25-,43-27-,46-29-/t31-,32-,35+,39-,40+,42?,45?,51-,52?/m1/s1. The van der Waals surface area contributed by atoms with Crippen LogP contribution in [0.4, 0.5) is 0 Å². The Bertz CT molecular complexity index is 2380. The van der Waals surface area contributed by atoms with E-state index in [1.54, 1.807) is 6.92 Å². The molecule has 3 aliphatic heterocycles. The summed E-state index contributed by atoms with van der Waals surface area (Å²) >= 11 is 0. The first kappa shape index (κ1) is 50.1. The first-order valence-electron chi connectivity index (χ1n) is 25.2. The highest BCUT2D eigenvalue weighted by Gasteiger charge is 2.48. The third kappa shape index (κ3) is 11.3. The quantitative estimate of drug-likeness (QED) is 0.0509. The van der Waals surface area contributed by atoms with Crippen molar-refractivity contribution < 1.29 is 29.0 Å². The molecule has 1 saturated heterocycles. The van der Waals surface area contributed by atoms with Crippen molar-refractivity contribution in [1.29, 1.82) is 0 Å². The van der Waals surface area contributed by atoms with Crippen LogP contribution in [0, 0.1) is 55.3 Å². The number of rotatable bonds is 20. The highest BCUT2D eigenvalue weighted by Crippen LogP contribution is 2.41. The molecule has 10 heteroatoms. The number of hydrogen-bond donors (Lipinski definition) is 5. The summed E-state index contributed by atoms with van der Waals surface area (Å²) in [5.41, 5.74) is 7.74. The number of esters is 2. The monoisotopic (exact) mass is 895 g/mol. The van der Waals surface area contributed by atoms with Crippen LogP contribution in [-0.4, -0.2) is 64.6 Å². The van der Waals surface area contributed by atoms with Crippen molar-refractivity contribution >= 4 is 41.2 Å². The first-order chi connectivity index (χ1) is 30.9. The topological polar surface area (TPSA) is 146 Å². The zero-order chi connectivity index (χ0) is 47.3. The number of ether oxygens (including phenoxy) is 2. The molecule has 1 aliphatic carbocycles. The SMILES string of the molecule is CC[C@@H]1C(C)=C2/C=c3\[nH]/c(c(C)c3C(C)=O)=C\C3NC(C4=c5[nH]c(c(C)c5=C(O)[C@@H]4C(=O)OC)CC1N2)[C@@H](CCC(=O)OC/C=C(/C)CCC[C@H](C)CCC[C@H](C)CCCC(C)C)[C@@H]3C. The minimum absolute atomic E-state index is 0.00229. The molecule has 358 valence electrons. The Labute approximate surface area is 389 Å².